The van der Waals surface area contributed by atoms with Crippen LogP contribution < -0.4 is 14.2 Å². The molecule has 0 bridgehead atoms. The fourth-order valence-electron chi connectivity index (χ4n) is 4.76. The quantitative estimate of drug-likeness (QED) is 0.543. The first-order chi connectivity index (χ1) is 14.1. The van der Waals surface area contributed by atoms with Gasteiger partial charge in [0.1, 0.15) is 5.75 Å². The smallest absolute Gasteiger partial charge is 0.308 e. The molecule has 0 aliphatic carbocycles. The van der Waals surface area contributed by atoms with E-state index in [9.17, 15) is 4.79 Å². The number of methoxy groups -OCH3 is 2. The molecule has 0 saturated heterocycles. The van der Waals surface area contributed by atoms with Crippen LogP contribution in [0.4, 0.5) is 0 Å². The molecule has 2 aliphatic heterocycles. The highest BCUT2D eigenvalue weighted by Crippen LogP contribution is 2.44. The Kier molecular flexibility index (Phi) is 4.24. The number of carbonyl (C=O) groups excluding carboxylic acids is 1. The topological polar surface area (TPSA) is 63.8 Å². The Morgan fingerprint density at radius 3 is 2.76 bits per heavy atom. The molecule has 1 N–H and O–H groups in total. The van der Waals surface area contributed by atoms with Crippen molar-refractivity contribution in [3.63, 3.8) is 0 Å². The minimum Gasteiger partial charge on any atom is -0.497 e. The van der Waals surface area contributed by atoms with Crippen molar-refractivity contribution in [1.82, 2.24) is 9.88 Å². The Hall–Kier alpha value is -2.99. The number of fused-ring (bicyclic) bond motifs is 6. The molecule has 6 heteroatoms. The normalized spacial score (nSPS) is 18.0. The van der Waals surface area contributed by atoms with Crippen molar-refractivity contribution in [2.75, 3.05) is 20.8 Å². The van der Waals surface area contributed by atoms with Crippen molar-refractivity contribution in [2.45, 2.75) is 32.4 Å². The summed E-state index contributed by atoms with van der Waals surface area (Å²) in [5, 5.41) is 1.23. The second-order valence-corrected chi connectivity index (χ2v) is 7.73. The lowest BCUT2D eigenvalue weighted by atomic mass is 9.85. The number of hydrogen-bond acceptors (Lipinski definition) is 5. The largest absolute Gasteiger partial charge is 0.497 e. The molecular weight excluding hydrogens is 368 g/mol. The van der Waals surface area contributed by atoms with Crippen molar-refractivity contribution >= 4 is 16.9 Å². The van der Waals surface area contributed by atoms with Crippen molar-refractivity contribution in [3.8, 4) is 17.2 Å². The van der Waals surface area contributed by atoms with E-state index in [4.69, 9.17) is 14.2 Å². The minimum atomic E-state index is -0.337. The molecule has 150 valence electrons. The first-order valence-corrected chi connectivity index (χ1v) is 9.88. The van der Waals surface area contributed by atoms with Crippen LogP contribution in [-0.2, 0) is 24.2 Å². The van der Waals surface area contributed by atoms with Gasteiger partial charge in [0, 0.05) is 42.7 Å². The van der Waals surface area contributed by atoms with Gasteiger partial charge in [0.25, 0.3) is 0 Å². The van der Waals surface area contributed by atoms with Crippen LogP contribution in [0.25, 0.3) is 10.9 Å². The number of aromatic amines is 1. The fourth-order valence-corrected chi connectivity index (χ4v) is 4.76. The summed E-state index contributed by atoms with van der Waals surface area (Å²) in [7, 11) is 3.31. The van der Waals surface area contributed by atoms with E-state index in [1.54, 1.807) is 14.2 Å². The Bertz CT molecular complexity index is 1120. The van der Waals surface area contributed by atoms with Gasteiger partial charge in [0.2, 0.25) is 0 Å². The highest BCUT2D eigenvalue weighted by molar-refractivity contribution is 5.86. The standard InChI is InChI=1S/C23H24N2O4/c1-13(26)29-23-8-14-6-7-25-12-20-18(10-21(25)16(14)11-22(23)28-3)17-9-15(27-2)4-5-19(17)24-20/h4-5,8-9,11,21,24H,6-7,10,12H2,1-3H3/t21-/m0/s1. The number of H-pyrrole nitrogens is 1. The summed E-state index contributed by atoms with van der Waals surface area (Å²) >= 11 is 0. The highest BCUT2D eigenvalue weighted by Gasteiger charge is 2.34. The van der Waals surface area contributed by atoms with Gasteiger partial charge in [-0.15, -0.1) is 0 Å². The summed E-state index contributed by atoms with van der Waals surface area (Å²) in [6.45, 7) is 3.28. The third-order valence-electron chi connectivity index (χ3n) is 6.11. The number of hydrogen-bond donors (Lipinski definition) is 1. The first-order valence-electron chi connectivity index (χ1n) is 9.88. The van der Waals surface area contributed by atoms with Crippen LogP contribution in [0, 0.1) is 0 Å². The Labute approximate surface area is 169 Å². The molecule has 3 aromatic rings. The monoisotopic (exact) mass is 392 g/mol. The molecule has 0 unspecified atom stereocenters. The molecule has 2 aliphatic rings. The summed E-state index contributed by atoms with van der Waals surface area (Å²) < 4.78 is 16.3. The number of rotatable bonds is 3. The summed E-state index contributed by atoms with van der Waals surface area (Å²) in [6, 6.07) is 10.5. The van der Waals surface area contributed by atoms with E-state index >= 15 is 0 Å². The molecule has 29 heavy (non-hydrogen) atoms. The molecule has 0 amide bonds. The number of ether oxygens (including phenoxy) is 3. The zero-order valence-electron chi connectivity index (χ0n) is 16.9. The maximum atomic E-state index is 11.5. The van der Waals surface area contributed by atoms with Gasteiger partial charge in [-0.1, -0.05) is 0 Å². The van der Waals surface area contributed by atoms with Crippen LogP contribution >= 0.6 is 0 Å². The Morgan fingerprint density at radius 2 is 2.00 bits per heavy atom. The van der Waals surface area contributed by atoms with Gasteiger partial charge >= 0.3 is 5.97 Å². The van der Waals surface area contributed by atoms with Gasteiger partial charge in [0.15, 0.2) is 11.5 Å². The third kappa shape index (κ3) is 2.95. The number of nitrogens with one attached hydrogen (secondary N) is 1. The van der Waals surface area contributed by atoms with E-state index in [1.165, 1.54) is 34.7 Å². The maximum Gasteiger partial charge on any atom is 0.308 e. The first kappa shape index (κ1) is 18.1. The van der Waals surface area contributed by atoms with Crippen molar-refractivity contribution in [2.24, 2.45) is 0 Å². The lowest BCUT2D eigenvalue weighted by molar-refractivity contribution is -0.132. The van der Waals surface area contributed by atoms with Gasteiger partial charge in [0.05, 0.1) is 14.2 Å². The van der Waals surface area contributed by atoms with Gasteiger partial charge < -0.3 is 19.2 Å². The van der Waals surface area contributed by atoms with Gasteiger partial charge in [-0.2, -0.15) is 0 Å². The van der Waals surface area contributed by atoms with E-state index < -0.39 is 0 Å². The summed E-state index contributed by atoms with van der Waals surface area (Å²) in [4.78, 5) is 17.6. The van der Waals surface area contributed by atoms with E-state index in [1.807, 2.05) is 18.2 Å². The van der Waals surface area contributed by atoms with Gasteiger partial charge in [-0.25, -0.2) is 0 Å². The predicted octanol–water partition coefficient (Wildman–Crippen LogP) is 3.77. The lowest BCUT2D eigenvalue weighted by Crippen LogP contribution is -2.39. The average Bonchev–Trinajstić information content (AvgIpc) is 3.07. The minimum absolute atomic E-state index is 0.275. The number of nitrogens with zero attached hydrogens (tertiary/aromatic N) is 1. The molecular formula is C23H24N2O4. The van der Waals surface area contributed by atoms with Crippen LogP contribution in [0.1, 0.15) is 35.3 Å². The van der Waals surface area contributed by atoms with Crippen LogP contribution in [0.3, 0.4) is 0 Å². The van der Waals surface area contributed by atoms with E-state index in [2.05, 4.69) is 22.0 Å². The van der Waals surface area contributed by atoms with Gasteiger partial charge in [-0.05, 0) is 59.9 Å². The zero-order chi connectivity index (χ0) is 20.1. The maximum absolute atomic E-state index is 11.5. The predicted molar refractivity (Wildman–Crippen MR) is 110 cm³/mol. The molecule has 1 atom stereocenters. The van der Waals surface area contributed by atoms with Gasteiger partial charge in [-0.3, -0.25) is 9.69 Å². The second-order valence-electron chi connectivity index (χ2n) is 7.73. The van der Waals surface area contributed by atoms with Crippen LogP contribution in [0.5, 0.6) is 17.2 Å². The summed E-state index contributed by atoms with van der Waals surface area (Å²) in [5.74, 6) is 1.64. The third-order valence-corrected chi connectivity index (χ3v) is 6.11. The lowest BCUT2D eigenvalue weighted by Gasteiger charge is -2.40. The van der Waals surface area contributed by atoms with E-state index in [0.717, 1.165) is 37.2 Å². The average molecular weight is 392 g/mol. The molecule has 2 aromatic carbocycles. The van der Waals surface area contributed by atoms with E-state index in [-0.39, 0.29) is 12.0 Å². The molecule has 0 spiro atoms. The van der Waals surface area contributed by atoms with Crippen LogP contribution in [0.15, 0.2) is 30.3 Å². The van der Waals surface area contributed by atoms with Crippen molar-refractivity contribution in [3.05, 3.63) is 52.7 Å². The van der Waals surface area contributed by atoms with Crippen LogP contribution in [0.2, 0.25) is 0 Å². The molecule has 0 fully saturated rings. The molecule has 3 heterocycles. The summed E-state index contributed by atoms with van der Waals surface area (Å²) in [5.41, 5.74) is 6.28. The molecule has 0 saturated carbocycles. The van der Waals surface area contributed by atoms with Crippen molar-refractivity contribution < 1.29 is 19.0 Å². The molecule has 0 radical (unpaired) electrons. The SMILES string of the molecule is COc1ccc2[nH]c3c(c2c1)C[C@H]1c2cc(OC)c(OC(C)=O)cc2CCN1C3. The Morgan fingerprint density at radius 1 is 1.14 bits per heavy atom. The van der Waals surface area contributed by atoms with Crippen molar-refractivity contribution in [1.29, 1.82) is 0 Å². The number of benzene rings is 2. The number of esters is 1. The second kappa shape index (κ2) is 6.81. The molecule has 1 aromatic heterocycles. The number of carbonyl (C=O) groups is 1. The zero-order valence-corrected chi connectivity index (χ0v) is 16.9. The van der Waals surface area contributed by atoms with E-state index in [0.29, 0.717) is 11.5 Å². The number of aromatic nitrogens is 1. The highest BCUT2D eigenvalue weighted by atomic mass is 16.6. The fraction of sp³-hybridized carbons (Fsp3) is 0.348. The summed E-state index contributed by atoms with van der Waals surface area (Å²) in [6.07, 6.45) is 1.85. The Balaban J connectivity index is 1.58. The molecule has 6 nitrogen and oxygen atoms in total. The van der Waals surface area contributed by atoms with Crippen LogP contribution in [-0.4, -0.2) is 36.6 Å². The molecule has 5 rings (SSSR count).